The van der Waals surface area contributed by atoms with Crippen molar-refractivity contribution in [2.75, 3.05) is 26.3 Å². The highest BCUT2D eigenvalue weighted by atomic mass is 35.5. The third-order valence-corrected chi connectivity index (χ3v) is 4.74. The fourth-order valence-electron chi connectivity index (χ4n) is 1.57. The highest BCUT2D eigenvalue weighted by Crippen LogP contribution is 2.23. The lowest BCUT2D eigenvalue weighted by molar-refractivity contribution is 0.217. The normalized spacial score (nSPS) is 12.1. The van der Waals surface area contributed by atoms with Gasteiger partial charge in [0, 0.05) is 18.1 Å². The van der Waals surface area contributed by atoms with Gasteiger partial charge in [0.05, 0.1) is 18.1 Å². The van der Waals surface area contributed by atoms with Gasteiger partial charge in [0.25, 0.3) is 0 Å². The van der Waals surface area contributed by atoms with Gasteiger partial charge < -0.3 is 10.2 Å². The Labute approximate surface area is 112 Å². The third kappa shape index (κ3) is 3.43. The van der Waals surface area contributed by atoms with E-state index in [1.54, 1.807) is 19.1 Å². The van der Waals surface area contributed by atoms with Crippen LogP contribution in [0.3, 0.4) is 0 Å². The zero-order valence-electron chi connectivity index (χ0n) is 10.0. The van der Waals surface area contributed by atoms with Crippen molar-refractivity contribution < 1.29 is 18.6 Å². The van der Waals surface area contributed by atoms with Crippen molar-refractivity contribution in [1.29, 1.82) is 0 Å². The van der Waals surface area contributed by atoms with E-state index in [2.05, 4.69) is 0 Å². The van der Waals surface area contributed by atoms with E-state index < -0.39 is 10.0 Å². The summed E-state index contributed by atoms with van der Waals surface area (Å²) in [5.41, 5.74) is 0.570. The Morgan fingerprint density at radius 1 is 1.22 bits per heavy atom. The minimum absolute atomic E-state index is 0.0607. The fourth-order valence-corrected chi connectivity index (χ4v) is 3.48. The number of benzene rings is 1. The standard InChI is InChI=1S/C11H16ClNO4S/c1-9-2-3-10(12)8-11(9)18(16,17)13(4-6-14)5-7-15/h2-3,8,14-15H,4-7H2,1H3. The van der Waals surface area contributed by atoms with Gasteiger partial charge in [0.15, 0.2) is 0 Å². The van der Waals surface area contributed by atoms with Crippen LogP contribution in [0.1, 0.15) is 5.56 Å². The van der Waals surface area contributed by atoms with Crippen molar-refractivity contribution in [3.8, 4) is 0 Å². The molecular formula is C11H16ClNO4S. The molecule has 0 radical (unpaired) electrons. The zero-order chi connectivity index (χ0) is 13.8. The Morgan fingerprint density at radius 2 is 1.78 bits per heavy atom. The van der Waals surface area contributed by atoms with E-state index in [1.807, 2.05) is 0 Å². The monoisotopic (exact) mass is 293 g/mol. The molecule has 0 aromatic heterocycles. The second kappa shape index (κ2) is 6.49. The molecule has 0 saturated heterocycles. The molecule has 0 aliphatic rings. The molecule has 1 aromatic carbocycles. The summed E-state index contributed by atoms with van der Waals surface area (Å²) < 4.78 is 25.7. The van der Waals surface area contributed by atoms with Gasteiger partial charge in [0.2, 0.25) is 10.0 Å². The van der Waals surface area contributed by atoms with Crippen molar-refractivity contribution in [3.63, 3.8) is 0 Å². The summed E-state index contributed by atoms with van der Waals surface area (Å²) in [4.78, 5) is 0.0944. The number of rotatable bonds is 6. The molecule has 0 aliphatic heterocycles. The van der Waals surface area contributed by atoms with Crippen LogP contribution in [0.25, 0.3) is 0 Å². The fraction of sp³-hybridized carbons (Fsp3) is 0.455. The van der Waals surface area contributed by atoms with Crippen molar-refractivity contribution in [2.24, 2.45) is 0 Å². The van der Waals surface area contributed by atoms with E-state index in [4.69, 9.17) is 21.8 Å². The predicted molar refractivity (Wildman–Crippen MR) is 69.1 cm³/mol. The lowest BCUT2D eigenvalue weighted by atomic mass is 10.2. The van der Waals surface area contributed by atoms with Gasteiger partial charge in [-0.25, -0.2) is 8.42 Å². The topological polar surface area (TPSA) is 77.8 Å². The van der Waals surface area contributed by atoms with Gasteiger partial charge in [-0.1, -0.05) is 17.7 Å². The number of aryl methyl sites for hydroxylation is 1. The van der Waals surface area contributed by atoms with Gasteiger partial charge in [0.1, 0.15) is 0 Å². The Kier molecular flexibility index (Phi) is 5.55. The summed E-state index contributed by atoms with van der Waals surface area (Å²) in [5.74, 6) is 0. The minimum atomic E-state index is -3.75. The van der Waals surface area contributed by atoms with Gasteiger partial charge >= 0.3 is 0 Å². The molecule has 0 spiro atoms. The number of hydrogen-bond acceptors (Lipinski definition) is 4. The second-order valence-corrected chi connectivity index (χ2v) is 6.10. The number of hydrogen-bond donors (Lipinski definition) is 2. The highest BCUT2D eigenvalue weighted by Gasteiger charge is 2.25. The van der Waals surface area contributed by atoms with Crippen LogP contribution in [0.15, 0.2) is 23.1 Å². The van der Waals surface area contributed by atoms with Crippen molar-refractivity contribution in [3.05, 3.63) is 28.8 Å². The number of aliphatic hydroxyl groups excluding tert-OH is 2. The van der Waals surface area contributed by atoms with Crippen LogP contribution >= 0.6 is 11.6 Å². The van der Waals surface area contributed by atoms with E-state index in [9.17, 15) is 8.42 Å². The van der Waals surface area contributed by atoms with Crippen LogP contribution in [0.5, 0.6) is 0 Å². The quantitative estimate of drug-likeness (QED) is 0.806. The van der Waals surface area contributed by atoms with E-state index >= 15 is 0 Å². The van der Waals surface area contributed by atoms with Crippen LogP contribution in [0.4, 0.5) is 0 Å². The zero-order valence-corrected chi connectivity index (χ0v) is 11.6. The minimum Gasteiger partial charge on any atom is -0.395 e. The summed E-state index contributed by atoms with van der Waals surface area (Å²) >= 11 is 5.80. The van der Waals surface area contributed by atoms with E-state index in [0.717, 1.165) is 4.31 Å². The second-order valence-electron chi connectivity index (χ2n) is 3.76. The van der Waals surface area contributed by atoms with Gasteiger partial charge in [-0.15, -0.1) is 0 Å². The smallest absolute Gasteiger partial charge is 0.243 e. The summed E-state index contributed by atoms with van der Waals surface area (Å²) in [6.07, 6.45) is 0. The maximum Gasteiger partial charge on any atom is 0.243 e. The van der Waals surface area contributed by atoms with E-state index in [1.165, 1.54) is 6.07 Å². The first-order chi connectivity index (χ1) is 8.43. The highest BCUT2D eigenvalue weighted by molar-refractivity contribution is 7.89. The number of nitrogens with zero attached hydrogens (tertiary/aromatic N) is 1. The van der Waals surface area contributed by atoms with Crippen molar-refractivity contribution >= 4 is 21.6 Å². The van der Waals surface area contributed by atoms with Crippen molar-refractivity contribution in [1.82, 2.24) is 4.31 Å². The van der Waals surface area contributed by atoms with Crippen LogP contribution in [0.2, 0.25) is 5.02 Å². The largest absolute Gasteiger partial charge is 0.395 e. The van der Waals surface area contributed by atoms with Gasteiger partial charge in [-0.2, -0.15) is 4.31 Å². The summed E-state index contributed by atoms with van der Waals surface area (Å²) in [5, 5.41) is 18.1. The maximum atomic E-state index is 12.3. The Balaban J connectivity index is 3.21. The Bertz CT molecular complexity index is 498. The first-order valence-corrected chi connectivity index (χ1v) is 7.23. The molecule has 1 aromatic rings. The number of halogens is 1. The SMILES string of the molecule is Cc1ccc(Cl)cc1S(=O)(=O)N(CCO)CCO. The van der Waals surface area contributed by atoms with Crippen LogP contribution in [-0.4, -0.2) is 49.2 Å². The molecule has 2 N–H and O–H groups in total. The molecule has 0 bridgehead atoms. The molecule has 0 aliphatic carbocycles. The molecular weight excluding hydrogens is 278 g/mol. The lowest BCUT2D eigenvalue weighted by Gasteiger charge is -2.21. The van der Waals surface area contributed by atoms with Crippen LogP contribution in [0, 0.1) is 6.92 Å². The predicted octanol–water partition coefficient (Wildman–Crippen LogP) is 0.624. The molecule has 102 valence electrons. The average Bonchev–Trinajstić information content (AvgIpc) is 2.32. The molecule has 0 atom stereocenters. The average molecular weight is 294 g/mol. The molecule has 0 saturated carbocycles. The number of sulfonamides is 1. The lowest BCUT2D eigenvalue weighted by Crippen LogP contribution is -2.36. The summed E-state index contributed by atoms with van der Waals surface area (Å²) in [7, 11) is -3.75. The number of aliphatic hydroxyl groups is 2. The first kappa shape index (κ1) is 15.4. The van der Waals surface area contributed by atoms with Crippen molar-refractivity contribution in [2.45, 2.75) is 11.8 Å². The molecule has 18 heavy (non-hydrogen) atoms. The third-order valence-electron chi connectivity index (χ3n) is 2.47. The Hall–Kier alpha value is -0.660. The molecule has 7 heteroatoms. The molecule has 0 heterocycles. The molecule has 0 unspecified atom stereocenters. The molecule has 5 nitrogen and oxygen atoms in total. The van der Waals surface area contributed by atoms with Crippen LogP contribution < -0.4 is 0 Å². The maximum absolute atomic E-state index is 12.3. The molecule has 0 amide bonds. The Morgan fingerprint density at radius 3 is 2.28 bits per heavy atom. The summed E-state index contributed by atoms with van der Waals surface area (Å²) in [6, 6.07) is 4.59. The van der Waals surface area contributed by atoms with Crippen LogP contribution in [-0.2, 0) is 10.0 Å². The van der Waals surface area contributed by atoms with E-state index in [0.29, 0.717) is 10.6 Å². The first-order valence-electron chi connectivity index (χ1n) is 5.41. The molecule has 0 fully saturated rings. The van der Waals surface area contributed by atoms with Gasteiger partial charge in [-0.05, 0) is 24.6 Å². The summed E-state index contributed by atoms with van der Waals surface area (Å²) in [6.45, 7) is 0.931. The van der Waals surface area contributed by atoms with E-state index in [-0.39, 0.29) is 31.2 Å². The molecule has 1 rings (SSSR count). The van der Waals surface area contributed by atoms with Gasteiger partial charge in [-0.3, -0.25) is 0 Å².